The van der Waals surface area contributed by atoms with Gasteiger partial charge in [0.25, 0.3) is 5.91 Å². The Morgan fingerprint density at radius 1 is 1.39 bits per heavy atom. The fraction of sp³-hybridized carbons (Fsp3) is 0.583. The molecule has 0 aromatic carbocycles. The van der Waals surface area contributed by atoms with Gasteiger partial charge in [0.2, 0.25) is 5.91 Å². The Kier molecular flexibility index (Phi) is 3.36. The van der Waals surface area contributed by atoms with Crippen LogP contribution in [0.4, 0.5) is 0 Å². The minimum atomic E-state index is -0.291. The number of hydrogen-bond acceptors (Lipinski definition) is 4. The Morgan fingerprint density at radius 2 is 2.06 bits per heavy atom. The van der Waals surface area contributed by atoms with Crippen LogP contribution in [0.2, 0.25) is 0 Å². The normalized spacial score (nSPS) is 14.4. The molecule has 98 valence electrons. The van der Waals surface area contributed by atoms with E-state index in [9.17, 15) is 9.59 Å². The fourth-order valence-corrected chi connectivity index (χ4v) is 1.56. The molecular formula is C12H17N3O3. The highest BCUT2D eigenvalue weighted by Gasteiger charge is 2.29. The van der Waals surface area contributed by atoms with Crippen LogP contribution < -0.4 is 0 Å². The molecule has 6 heteroatoms. The SMILES string of the molecule is CN(C)C(=O)CN(C)C(=O)c1cc(C2CC2)on1. The topological polar surface area (TPSA) is 66.7 Å². The first-order valence-corrected chi connectivity index (χ1v) is 5.91. The van der Waals surface area contributed by atoms with E-state index in [0.29, 0.717) is 5.92 Å². The van der Waals surface area contributed by atoms with Gasteiger partial charge in [0.05, 0.1) is 6.54 Å². The van der Waals surface area contributed by atoms with Gasteiger partial charge in [-0.15, -0.1) is 0 Å². The van der Waals surface area contributed by atoms with Gasteiger partial charge in [-0.2, -0.15) is 0 Å². The summed E-state index contributed by atoms with van der Waals surface area (Å²) in [6.45, 7) is 0.0391. The van der Waals surface area contributed by atoms with E-state index >= 15 is 0 Å². The lowest BCUT2D eigenvalue weighted by Crippen LogP contribution is -2.37. The minimum Gasteiger partial charge on any atom is -0.360 e. The monoisotopic (exact) mass is 251 g/mol. The minimum absolute atomic E-state index is 0.0391. The molecule has 1 aromatic rings. The maximum atomic E-state index is 12.0. The molecule has 18 heavy (non-hydrogen) atoms. The van der Waals surface area contributed by atoms with Crippen LogP contribution in [0, 0.1) is 0 Å². The van der Waals surface area contributed by atoms with Gasteiger partial charge in [0.15, 0.2) is 5.69 Å². The van der Waals surface area contributed by atoms with E-state index in [1.54, 1.807) is 27.2 Å². The van der Waals surface area contributed by atoms with Gasteiger partial charge in [0, 0.05) is 33.1 Å². The Labute approximate surface area is 106 Å². The van der Waals surface area contributed by atoms with Crippen LogP contribution in [-0.4, -0.2) is 54.5 Å². The standard InChI is InChI=1S/C12H17N3O3/c1-14(2)11(16)7-15(3)12(17)9-6-10(18-13-9)8-4-5-8/h6,8H,4-5,7H2,1-3H3. The highest BCUT2D eigenvalue weighted by molar-refractivity contribution is 5.94. The van der Waals surface area contributed by atoms with Crippen LogP contribution in [0.15, 0.2) is 10.6 Å². The number of nitrogens with zero attached hydrogens (tertiary/aromatic N) is 3. The second kappa shape index (κ2) is 4.80. The van der Waals surface area contributed by atoms with Crippen LogP contribution in [0.5, 0.6) is 0 Å². The second-order valence-corrected chi connectivity index (χ2v) is 4.84. The first-order chi connectivity index (χ1) is 8.49. The zero-order valence-corrected chi connectivity index (χ0v) is 10.8. The number of hydrogen-bond donors (Lipinski definition) is 0. The molecule has 0 aliphatic heterocycles. The molecule has 2 amide bonds. The largest absolute Gasteiger partial charge is 0.360 e. The Bertz CT molecular complexity index is 463. The molecule has 0 bridgehead atoms. The molecule has 1 aliphatic rings. The van der Waals surface area contributed by atoms with Crippen molar-refractivity contribution in [2.45, 2.75) is 18.8 Å². The van der Waals surface area contributed by atoms with Gasteiger partial charge >= 0.3 is 0 Å². The van der Waals surface area contributed by atoms with Gasteiger partial charge < -0.3 is 14.3 Å². The lowest BCUT2D eigenvalue weighted by atomic mass is 10.2. The molecule has 6 nitrogen and oxygen atoms in total. The summed E-state index contributed by atoms with van der Waals surface area (Å²) >= 11 is 0. The molecule has 1 heterocycles. The molecule has 1 aromatic heterocycles. The van der Waals surface area contributed by atoms with Gasteiger partial charge in [0.1, 0.15) is 5.76 Å². The van der Waals surface area contributed by atoms with Crippen molar-refractivity contribution in [3.8, 4) is 0 Å². The number of rotatable bonds is 4. The third kappa shape index (κ3) is 2.69. The molecule has 2 rings (SSSR count). The molecule has 1 aliphatic carbocycles. The summed E-state index contributed by atoms with van der Waals surface area (Å²) < 4.78 is 5.12. The summed E-state index contributed by atoms with van der Waals surface area (Å²) in [4.78, 5) is 26.3. The van der Waals surface area contributed by atoms with Crippen molar-refractivity contribution in [2.75, 3.05) is 27.7 Å². The van der Waals surface area contributed by atoms with Crippen molar-refractivity contribution >= 4 is 11.8 Å². The lowest BCUT2D eigenvalue weighted by molar-refractivity contribution is -0.129. The zero-order valence-electron chi connectivity index (χ0n) is 10.8. The highest BCUT2D eigenvalue weighted by Crippen LogP contribution is 2.40. The Morgan fingerprint density at radius 3 is 2.61 bits per heavy atom. The van der Waals surface area contributed by atoms with E-state index in [-0.39, 0.29) is 24.1 Å². The predicted molar refractivity (Wildman–Crippen MR) is 64.1 cm³/mol. The smallest absolute Gasteiger partial charge is 0.276 e. The molecule has 0 radical (unpaired) electrons. The maximum absolute atomic E-state index is 12.0. The summed E-state index contributed by atoms with van der Waals surface area (Å²) in [7, 11) is 4.89. The Balaban J connectivity index is 1.98. The third-order valence-corrected chi connectivity index (χ3v) is 2.95. The summed E-state index contributed by atoms with van der Waals surface area (Å²) in [6.07, 6.45) is 2.19. The van der Waals surface area contributed by atoms with Crippen LogP contribution in [-0.2, 0) is 4.79 Å². The average Bonchev–Trinajstić information content (AvgIpc) is 3.06. The van der Waals surface area contributed by atoms with Gasteiger partial charge in [-0.05, 0) is 12.8 Å². The first-order valence-electron chi connectivity index (χ1n) is 5.91. The van der Waals surface area contributed by atoms with Gasteiger partial charge in [-0.1, -0.05) is 5.16 Å². The van der Waals surface area contributed by atoms with Crippen LogP contribution in [0.25, 0.3) is 0 Å². The van der Waals surface area contributed by atoms with Crippen molar-refractivity contribution in [3.05, 3.63) is 17.5 Å². The maximum Gasteiger partial charge on any atom is 0.276 e. The zero-order chi connectivity index (χ0) is 13.3. The van der Waals surface area contributed by atoms with Crippen molar-refractivity contribution in [1.29, 1.82) is 0 Å². The number of carbonyl (C=O) groups excluding carboxylic acids is 2. The number of amides is 2. The van der Waals surface area contributed by atoms with E-state index in [1.165, 1.54) is 9.80 Å². The molecule has 1 saturated carbocycles. The number of likely N-dealkylation sites (N-methyl/N-ethyl adjacent to an activating group) is 2. The first kappa shape index (κ1) is 12.6. The van der Waals surface area contributed by atoms with E-state index in [0.717, 1.165) is 18.6 Å². The molecule has 0 N–H and O–H groups in total. The van der Waals surface area contributed by atoms with Gasteiger partial charge in [-0.25, -0.2) is 0 Å². The van der Waals surface area contributed by atoms with Gasteiger partial charge in [-0.3, -0.25) is 9.59 Å². The second-order valence-electron chi connectivity index (χ2n) is 4.84. The quantitative estimate of drug-likeness (QED) is 0.790. The lowest BCUT2D eigenvalue weighted by Gasteiger charge is -2.17. The summed E-state index contributed by atoms with van der Waals surface area (Å²) in [5.74, 6) is 0.774. The molecule has 0 spiro atoms. The van der Waals surface area contributed by atoms with Crippen molar-refractivity contribution in [3.63, 3.8) is 0 Å². The molecular weight excluding hydrogens is 234 g/mol. The van der Waals surface area contributed by atoms with Crippen molar-refractivity contribution in [2.24, 2.45) is 0 Å². The molecule has 0 atom stereocenters. The number of aromatic nitrogens is 1. The van der Waals surface area contributed by atoms with Crippen LogP contribution in [0.3, 0.4) is 0 Å². The predicted octanol–water partition coefficient (Wildman–Crippen LogP) is 0.712. The Hall–Kier alpha value is -1.85. The van der Waals surface area contributed by atoms with E-state index in [1.807, 2.05) is 0 Å². The summed E-state index contributed by atoms with van der Waals surface area (Å²) in [5.41, 5.74) is 0.269. The average molecular weight is 251 g/mol. The molecule has 0 saturated heterocycles. The molecule has 0 unspecified atom stereocenters. The van der Waals surface area contributed by atoms with Crippen molar-refractivity contribution < 1.29 is 14.1 Å². The van der Waals surface area contributed by atoms with E-state index in [4.69, 9.17) is 4.52 Å². The van der Waals surface area contributed by atoms with Crippen LogP contribution >= 0.6 is 0 Å². The third-order valence-electron chi connectivity index (χ3n) is 2.95. The fourth-order valence-electron chi connectivity index (χ4n) is 1.56. The molecule has 1 fully saturated rings. The van der Waals surface area contributed by atoms with Crippen LogP contribution in [0.1, 0.15) is 35.0 Å². The highest BCUT2D eigenvalue weighted by atomic mass is 16.5. The van der Waals surface area contributed by atoms with E-state index < -0.39 is 0 Å². The van der Waals surface area contributed by atoms with Crippen molar-refractivity contribution in [1.82, 2.24) is 15.0 Å². The summed E-state index contributed by atoms with van der Waals surface area (Å²) in [5, 5.41) is 3.76. The van der Waals surface area contributed by atoms with E-state index in [2.05, 4.69) is 5.16 Å². The number of carbonyl (C=O) groups is 2. The summed E-state index contributed by atoms with van der Waals surface area (Å²) in [6, 6.07) is 1.68.